The van der Waals surface area contributed by atoms with Crippen LogP contribution in [0.2, 0.25) is 30.1 Å². The molecule has 128 valence electrons. The summed E-state index contributed by atoms with van der Waals surface area (Å²) in [7, 11) is 0. The molecule has 0 saturated carbocycles. The number of rotatable bonds is 2. The number of nitrogens with two attached hydrogens (primary N) is 1. The van der Waals surface area contributed by atoms with Gasteiger partial charge in [-0.05, 0) is 36.4 Å². The summed E-state index contributed by atoms with van der Waals surface area (Å²) < 4.78 is 0. The molecule has 0 bridgehead atoms. The normalized spacial score (nSPS) is 11.0. The summed E-state index contributed by atoms with van der Waals surface area (Å²) in [5.41, 5.74) is 9.00. The minimum atomic E-state index is 0.276. The monoisotopic (exact) mass is 450 g/mol. The van der Waals surface area contributed by atoms with Crippen LogP contribution in [0.1, 0.15) is 0 Å². The Kier molecular flexibility index (Phi) is 5.60. The van der Waals surface area contributed by atoms with E-state index in [0.29, 0.717) is 53.3 Å². The number of hydrogen-bond acceptors (Lipinski definition) is 2. The van der Waals surface area contributed by atoms with Crippen LogP contribution in [0.15, 0.2) is 36.4 Å². The third kappa shape index (κ3) is 3.80. The van der Waals surface area contributed by atoms with Crippen molar-refractivity contribution in [1.29, 1.82) is 0 Å². The van der Waals surface area contributed by atoms with Gasteiger partial charge in [-0.25, -0.2) is 4.98 Å². The highest BCUT2D eigenvalue weighted by molar-refractivity contribution is 6.49. The Morgan fingerprint density at radius 1 is 0.640 bits per heavy atom. The van der Waals surface area contributed by atoms with Crippen molar-refractivity contribution in [3.8, 4) is 22.5 Å². The average molecular weight is 453 g/mol. The first-order chi connectivity index (χ1) is 11.8. The molecule has 2 aromatic carbocycles. The van der Waals surface area contributed by atoms with Gasteiger partial charge in [-0.3, -0.25) is 0 Å². The van der Waals surface area contributed by atoms with Crippen LogP contribution in [0.5, 0.6) is 0 Å². The maximum atomic E-state index is 6.10. The van der Waals surface area contributed by atoms with E-state index in [9.17, 15) is 0 Å². The summed E-state index contributed by atoms with van der Waals surface area (Å²) in [6, 6.07) is 10.2. The van der Waals surface area contributed by atoms with Gasteiger partial charge in [-0.15, -0.1) is 0 Å². The molecule has 3 aromatic rings. The summed E-state index contributed by atoms with van der Waals surface area (Å²) in [5, 5.41) is 1.86. The van der Waals surface area contributed by atoms with Crippen LogP contribution in [-0.2, 0) is 0 Å². The molecular weight excluding hydrogens is 445 g/mol. The van der Waals surface area contributed by atoms with Crippen LogP contribution in [0.4, 0.5) is 5.69 Å². The lowest BCUT2D eigenvalue weighted by Gasteiger charge is -2.11. The molecule has 0 aliphatic heterocycles. The minimum absolute atomic E-state index is 0.276. The summed E-state index contributed by atoms with van der Waals surface area (Å²) >= 11 is 36.4. The van der Waals surface area contributed by atoms with E-state index in [0.717, 1.165) is 0 Å². The molecule has 0 spiro atoms. The molecule has 2 N–H and O–H groups in total. The van der Waals surface area contributed by atoms with Crippen LogP contribution in [0, 0.1) is 0 Å². The van der Waals surface area contributed by atoms with Crippen molar-refractivity contribution in [3.63, 3.8) is 0 Å². The molecule has 8 heteroatoms. The molecular formula is C17H8Cl6N2. The Morgan fingerprint density at radius 3 is 1.56 bits per heavy atom. The summed E-state index contributed by atoms with van der Waals surface area (Å²) in [6.45, 7) is 0. The summed E-state index contributed by atoms with van der Waals surface area (Å²) in [6.07, 6.45) is 0. The van der Waals surface area contributed by atoms with Gasteiger partial charge >= 0.3 is 0 Å². The largest absolute Gasteiger partial charge is 0.397 e. The molecule has 0 unspecified atom stereocenters. The first kappa shape index (κ1) is 18.9. The molecule has 0 atom stereocenters. The second-order valence-corrected chi connectivity index (χ2v) is 7.53. The van der Waals surface area contributed by atoms with Crippen LogP contribution in [-0.4, -0.2) is 4.98 Å². The van der Waals surface area contributed by atoms with Crippen molar-refractivity contribution in [2.24, 2.45) is 0 Å². The fourth-order valence-electron chi connectivity index (χ4n) is 2.26. The number of benzene rings is 2. The van der Waals surface area contributed by atoms with Gasteiger partial charge in [0.15, 0.2) is 0 Å². The smallest absolute Gasteiger partial charge is 0.0939 e. The van der Waals surface area contributed by atoms with Crippen LogP contribution < -0.4 is 5.73 Å². The number of hydrogen-bond donors (Lipinski definition) is 1. The number of halogens is 6. The molecule has 0 aliphatic rings. The maximum Gasteiger partial charge on any atom is 0.0939 e. The lowest BCUT2D eigenvalue weighted by molar-refractivity contribution is 1.32. The van der Waals surface area contributed by atoms with E-state index in [1.807, 2.05) is 0 Å². The third-order valence-corrected chi connectivity index (χ3v) is 5.86. The van der Waals surface area contributed by atoms with E-state index in [2.05, 4.69) is 4.98 Å². The molecule has 0 radical (unpaired) electrons. The van der Waals surface area contributed by atoms with Gasteiger partial charge in [-0.2, -0.15) is 0 Å². The van der Waals surface area contributed by atoms with E-state index in [1.54, 1.807) is 36.4 Å². The number of anilines is 1. The van der Waals surface area contributed by atoms with Crippen LogP contribution >= 0.6 is 69.6 Å². The molecule has 25 heavy (non-hydrogen) atoms. The standard InChI is InChI=1S/C17H8Cl6N2/c18-9-3-7(4-10(19)15(9)22)14-2-1-13(24)17(25-14)8-5-11(20)16(23)12(21)6-8/h1-6H,24H2. The number of aromatic nitrogens is 1. The van der Waals surface area contributed by atoms with Gasteiger partial charge in [0.1, 0.15) is 0 Å². The second-order valence-electron chi connectivity index (χ2n) is 5.14. The van der Waals surface area contributed by atoms with Gasteiger partial charge in [0.25, 0.3) is 0 Å². The topological polar surface area (TPSA) is 38.9 Å². The molecule has 2 nitrogen and oxygen atoms in total. The fourth-order valence-corrected chi connectivity index (χ4v) is 3.45. The van der Waals surface area contributed by atoms with E-state index in [1.165, 1.54) is 0 Å². The second kappa shape index (κ2) is 7.40. The predicted octanol–water partition coefficient (Wildman–Crippen LogP) is 7.92. The van der Waals surface area contributed by atoms with Crippen molar-refractivity contribution >= 4 is 75.3 Å². The highest BCUT2D eigenvalue weighted by Gasteiger charge is 2.14. The van der Waals surface area contributed by atoms with Crippen molar-refractivity contribution in [1.82, 2.24) is 4.98 Å². The molecule has 3 rings (SSSR count). The van der Waals surface area contributed by atoms with E-state index in [4.69, 9.17) is 75.3 Å². The Hall–Kier alpha value is -0.870. The average Bonchev–Trinajstić information content (AvgIpc) is 2.57. The predicted molar refractivity (Wildman–Crippen MR) is 110 cm³/mol. The maximum absolute atomic E-state index is 6.10. The van der Waals surface area contributed by atoms with Gasteiger partial charge in [0.2, 0.25) is 0 Å². The SMILES string of the molecule is Nc1ccc(-c2cc(Cl)c(Cl)c(Cl)c2)nc1-c1cc(Cl)c(Cl)c(Cl)c1. The van der Waals surface area contributed by atoms with Gasteiger partial charge in [0.05, 0.1) is 47.2 Å². The van der Waals surface area contributed by atoms with Crippen molar-refractivity contribution < 1.29 is 0 Å². The zero-order valence-corrected chi connectivity index (χ0v) is 16.8. The first-order valence-corrected chi connectivity index (χ1v) is 9.11. The first-order valence-electron chi connectivity index (χ1n) is 6.84. The lowest BCUT2D eigenvalue weighted by Crippen LogP contribution is -1.96. The van der Waals surface area contributed by atoms with Crippen molar-refractivity contribution in [2.75, 3.05) is 5.73 Å². The Labute approximate surface area is 174 Å². The number of pyridine rings is 1. The van der Waals surface area contributed by atoms with E-state index < -0.39 is 0 Å². The molecule has 1 heterocycles. The Morgan fingerprint density at radius 2 is 1.08 bits per heavy atom. The van der Waals surface area contributed by atoms with Crippen molar-refractivity contribution in [2.45, 2.75) is 0 Å². The van der Waals surface area contributed by atoms with E-state index in [-0.39, 0.29) is 5.02 Å². The highest BCUT2D eigenvalue weighted by atomic mass is 35.5. The van der Waals surface area contributed by atoms with E-state index >= 15 is 0 Å². The number of nitrogens with zero attached hydrogens (tertiary/aromatic N) is 1. The lowest BCUT2D eigenvalue weighted by atomic mass is 10.1. The molecule has 1 aromatic heterocycles. The quantitative estimate of drug-likeness (QED) is 0.401. The van der Waals surface area contributed by atoms with Gasteiger partial charge < -0.3 is 5.73 Å². The molecule has 0 amide bonds. The minimum Gasteiger partial charge on any atom is -0.397 e. The van der Waals surface area contributed by atoms with Crippen LogP contribution in [0.3, 0.4) is 0 Å². The third-order valence-electron chi connectivity index (χ3n) is 3.46. The Bertz CT molecular complexity index is 941. The van der Waals surface area contributed by atoms with Crippen LogP contribution in [0.25, 0.3) is 22.5 Å². The summed E-state index contributed by atoms with van der Waals surface area (Å²) in [5.74, 6) is 0. The zero-order valence-electron chi connectivity index (χ0n) is 12.3. The highest BCUT2D eigenvalue weighted by Crippen LogP contribution is 2.38. The molecule has 0 fully saturated rings. The zero-order chi connectivity index (χ0) is 18.3. The van der Waals surface area contributed by atoms with Crippen molar-refractivity contribution in [3.05, 3.63) is 66.5 Å². The molecule has 0 saturated heterocycles. The van der Waals surface area contributed by atoms with Gasteiger partial charge in [0, 0.05) is 11.1 Å². The Balaban J connectivity index is 2.17. The summed E-state index contributed by atoms with van der Waals surface area (Å²) in [4.78, 5) is 4.59. The fraction of sp³-hybridized carbons (Fsp3) is 0. The number of nitrogen functional groups attached to an aromatic ring is 1. The van der Waals surface area contributed by atoms with Gasteiger partial charge in [-0.1, -0.05) is 69.6 Å². The molecule has 0 aliphatic carbocycles.